The summed E-state index contributed by atoms with van der Waals surface area (Å²) in [7, 11) is 0. The van der Waals surface area contributed by atoms with Crippen molar-refractivity contribution in [3.63, 3.8) is 0 Å². The molecule has 1 nitrogen and oxygen atoms in total. The molecule has 0 saturated carbocycles. The van der Waals surface area contributed by atoms with Gasteiger partial charge in [0.1, 0.15) is 12.0 Å². The van der Waals surface area contributed by atoms with Gasteiger partial charge in [0.15, 0.2) is 0 Å². The first-order chi connectivity index (χ1) is 6.63. The van der Waals surface area contributed by atoms with Crippen molar-refractivity contribution in [2.24, 2.45) is 5.73 Å². The Balaban J connectivity index is 2.67. The van der Waals surface area contributed by atoms with Gasteiger partial charge in [-0.2, -0.15) is 0 Å². The molecule has 0 spiro atoms. The molecule has 0 amide bonds. The van der Waals surface area contributed by atoms with Crippen LogP contribution in [-0.4, -0.2) is 12.7 Å². The van der Waals surface area contributed by atoms with E-state index in [2.05, 4.69) is 0 Å². The lowest BCUT2D eigenvalue weighted by Gasteiger charge is -2.08. The summed E-state index contributed by atoms with van der Waals surface area (Å²) in [4.78, 5) is 0. The highest BCUT2D eigenvalue weighted by molar-refractivity contribution is 6.31. The molecule has 0 aliphatic heterocycles. The van der Waals surface area contributed by atoms with Crippen LogP contribution in [-0.2, 0) is 6.42 Å². The van der Waals surface area contributed by atoms with Gasteiger partial charge in [0, 0.05) is 11.4 Å². The summed E-state index contributed by atoms with van der Waals surface area (Å²) in [6.45, 7) is 0.306. The minimum atomic E-state index is -1.01. The third-order valence-electron chi connectivity index (χ3n) is 1.94. The van der Waals surface area contributed by atoms with Crippen LogP contribution in [0.3, 0.4) is 0 Å². The quantitative estimate of drug-likeness (QED) is 0.828. The van der Waals surface area contributed by atoms with E-state index in [0.717, 1.165) is 0 Å². The normalized spacial score (nSPS) is 12.9. The van der Waals surface area contributed by atoms with Crippen LogP contribution in [0.1, 0.15) is 12.0 Å². The van der Waals surface area contributed by atoms with E-state index in [0.29, 0.717) is 18.5 Å². The highest BCUT2D eigenvalue weighted by Crippen LogP contribution is 2.20. The van der Waals surface area contributed by atoms with Crippen molar-refractivity contribution in [3.05, 3.63) is 34.6 Å². The van der Waals surface area contributed by atoms with Gasteiger partial charge in [0.2, 0.25) is 0 Å². The zero-order valence-corrected chi connectivity index (χ0v) is 8.40. The Morgan fingerprint density at radius 1 is 1.43 bits per heavy atom. The van der Waals surface area contributed by atoms with Crippen LogP contribution in [0.2, 0.25) is 5.02 Å². The maximum Gasteiger partial charge on any atom is 0.124 e. The first kappa shape index (κ1) is 11.4. The molecule has 0 aromatic heterocycles. The third-order valence-corrected chi connectivity index (χ3v) is 2.29. The van der Waals surface area contributed by atoms with Crippen LogP contribution in [0, 0.1) is 5.82 Å². The van der Waals surface area contributed by atoms with Gasteiger partial charge >= 0.3 is 0 Å². The van der Waals surface area contributed by atoms with E-state index < -0.39 is 12.0 Å². The van der Waals surface area contributed by atoms with Crippen LogP contribution in [0.4, 0.5) is 8.78 Å². The molecule has 1 unspecified atom stereocenters. The molecule has 0 aliphatic rings. The molecule has 0 saturated heterocycles. The Morgan fingerprint density at radius 3 is 2.71 bits per heavy atom. The van der Waals surface area contributed by atoms with Gasteiger partial charge < -0.3 is 5.73 Å². The van der Waals surface area contributed by atoms with Crippen molar-refractivity contribution in [1.82, 2.24) is 0 Å². The zero-order valence-electron chi connectivity index (χ0n) is 7.64. The maximum atomic E-state index is 13.1. The minimum Gasteiger partial charge on any atom is -0.330 e. The fourth-order valence-electron chi connectivity index (χ4n) is 1.21. The van der Waals surface area contributed by atoms with E-state index in [1.807, 2.05) is 0 Å². The molecular formula is C10H12ClF2N. The van der Waals surface area contributed by atoms with E-state index in [1.165, 1.54) is 18.2 Å². The smallest absolute Gasteiger partial charge is 0.124 e. The number of benzene rings is 1. The van der Waals surface area contributed by atoms with Crippen molar-refractivity contribution < 1.29 is 8.78 Å². The number of hydrogen-bond donors (Lipinski definition) is 1. The molecule has 0 radical (unpaired) electrons. The van der Waals surface area contributed by atoms with E-state index in [-0.39, 0.29) is 11.4 Å². The Labute approximate surface area is 86.9 Å². The Kier molecular flexibility index (Phi) is 4.29. The highest BCUT2D eigenvalue weighted by atomic mass is 35.5. The van der Waals surface area contributed by atoms with Crippen LogP contribution < -0.4 is 5.73 Å². The molecule has 78 valence electrons. The molecule has 0 heterocycles. The first-order valence-electron chi connectivity index (χ1n) is 4.41. The summed E-state index contributed by atoms with van der Waals surface area (Å²) in [5.74, 6) is -0.409. The molecular weight excluding hydrogens is 208 g/mol. The predicted octanol–water partition coefficient (Wildman–Crippen LogP) is 2.71. The van der Waals surface area contributed by atoms with Crippen LogP contribution in [0.5, 0.6) is 0 Å². The molecule has 14 heavy (non-hydrogen) atoms. The van der Waals surface area contributed by atoms with Gasteiger partial charge in [0.05, 0.1) is 0 Å². The summed E-state index contributed by atoms with van der Waals surface area (Å²) in [5.41, 5.74) is 5.83. The van der Waals surface area contributed by atoms with E-state index >= 15 is 0 Å². The molecule has 2 N–H and O–H groups in total. The summed E-state index contributed by atoms with van der Waals surface area (Å²) in [5, 5.41) is 0.268. The van der Waals surface area contributed by atoms with E-state index in [1.54, 1.807) is 0 Å². The van der Waals surface area contributed by atoms with Crippen LogP contribution in [0.15, 0.2) is 18.2 Å². The van der Waals surface area contributed by atoms with Gasteiger partial charge in [-0.3, -0.25) is 0 Å². The van der Waals surface area contributed by atoms with Crippen LogP contribution in [0.25, 0.3) is 0 Å². The second-order valence-corrected chi connectivity index (χ2v) is 3.52. The Morgan fingerprint density at radius 2 is 2.14 bits per heavy atom. The lowest BCUT2D eigenvalue weighted by molar-refractivity contribution is 0.316. The SMILES string of the molecule is NCCC(F)Cc1ccc(F)cc1Cl. The van der Waals surface area contributed by atoms with Crippen molar-refractivity contribution in [2.45, 2.75) is 19.0 Å². The maximum absolute atomic E-state index is 13.1. The summed E-state index contributed by atoms with van der Waals surface area (Å²) in [6.07, 6.45) is -0.521. The number of hydrogen-bond acceptors (Lipinski definition) is 1. The van der Waals surface area contributed by atoms with Gasteiger partial charge in [-0.15, -0.1) is 0 Å². The monoisotopic (exact) mass is 219 g/mol. The summed E-state index contributed by atoms with van der Waals surface area (Å²) < 4.78 is 25.8. The summed E-state index contributed by atoms with van der Waals surface area (Å²) >= 11 is 5.74. The number of halogens is 3. The molecule has 0 bridgehead atoms. The lowest BCUT2D eigenvalue weighted by atomic mass is 10.1. The molecule has 0 fully saturated rings. The Bertz CT molecular complexity index is 304. The third kappa shape index (κ3) is 3.24. The van der Waals surface area contributed by atoms with E-state index in [9.17, 15) is 8.78 Å². The average molecular weight is 220 g/mol. The predicted molar refractivity (Wildman–Crippen MR) is 53.7 cm³/mol. The van der Waals surface area contributed by atoms with Gasteiger partial charge in [-0.1, -0.05) is 17.7 Å². The zero-order chi connectivity index (χ0) is 10.6. The topological polar surface area (TPSA) is 26.0 Å². The fraction of sp³-hybridized carbons (Fsp3) is 0.400. The lowest BCUT2D eigenvalue weighted by Crippen LogP contribution is -2.12. The molecule has 4 heteroatoms. The standard InChI is InChI=1S/C10H12ClF2N/c11-10-6-8(12)2-1-7(10)5-9(13)3-4-14/h1-2,6,9H,3-5,14H2. The largest absolute Gasteiger partial charge is 0.330 e. The van der Waals surface area contributed by atoms with Crippen LogP contribution >= 0.6 is 11.6 Å². The Hall–Kier alpha value is -0.670. The molecule has 0 aliphatic carbocycles. The van der Waals surface area contributed by atoms with Gasteiger partial charge in [-0.25, -0.2) is 8.78 Å². The number of rotatable bonds is 4. The first-order valence-corrected chi connectivity index (χ1v) is 4.79. The summed E-state index contributed by atoms with van der Waals surface area (Å²) in [6, 6.07) is 3.96. The van der Waals surface area contributed by atoms with E-state index in [4.69, 9.17) is 17.3 Å². The molecule has 1 aromatic rings. The van der Waals surface area contributed by atoms with Crippen molar-refractivity contribution in [1.29, 1.82) is 0 Å². The molecule has 1 rings (SSSR count). The van der Waals surface area contributed by atoms with Gasteiger partial charge in [0.25, 0.3) is 0 Å². The number of nitrogens with two attached hydrogens (primary N) is 1. The fourth-order valence-corrected chi connectivity index (χ4v) is 1.45. The number of alkyl halides is 1. The van der Waals surface area contributed by atoms with Gasteiger partial charge in [-0.05, 0) is 30.7 Å². The average Bonchev–Trinajstić information content (AvgIpc) is 2.10. The second kappa shape index (κ2) is 5.27. The van der Waals surface area contributed by atoms with Crippen molar-refractivity contribution >= 4 is 11.6 Å². The minimum absolute atomic E-state index is 0.191. The second-order valence-electron chi connectivity index (χ2n) is 3.11. The molecule has 1 atom stereocenters. The highest BCUT2D eigenvalue weighted by Gasteiger charge is 2.09. The van der Waals surface area contributed by atoms with Crippen molar-refractivity contribution in [2.75, 3.05) is 6.54 Å². The molecule has 1 aromatic carbocycles. The van der Waals surface area contributed by atoms with Crippen molar-refractivity contribution in [3.8, 4) is 0 Å².